The molecule has 0 atom stereocenters. The molecule has 4 heteroatoms. The Labute approximate surface area is 125 Å². The number of phenols is 1. The van der Waals surface area contributed by atoms with Crippen molar-refractivity contribution in [3.05, 3.63) is 53.6 Å². The van der Waals surface area contributed by atoms with Crippen molar-refractivity contribution in [2.24, 2.45) is 0 Å². The van der Waals surface area contributed by atoms with E-state index in [1.165, 1.54) is 13.2 Å². The van der Waals surface area contributed by atoms with Crippen LogP contribution in [0, 0.1) is 0 Å². The Bertz CT molecular complexity index is 564. The second kappa shape index (κ2) is 8.64. The zero-order valence-electron chi connectivity index (χ0n) is 12.5. The highest BCUT2D eigenvalue weighted by molar-refractivity contribution is 5.82. The molecule has 0 saturated carbocycles. The molecule has 1 rings (SSSR count). The van der Waals surface area contributed by atoms with E-state index in [-0.39, 0.29) is 18.3 Å². The highest BCUT2D eigenvalue weighted by Crippen LogP contribution is 2.26. The number of hydrogen-bond acceptors (Lipinski definition) is 4. The van der Waals surface area contributed by atoms with E-state index < -0.39 is 0 Å². The number of aromatic hydroxyl groups is 1. The third-order valence-corrected chi connectivity index (χ3v) is 2.55. The maximum absolute atomic E-state index is 11.4. The molecule has 0 fully saturated rings. The maximum atomic E-state index is 11.4. The van der Waals surface area contributed by atoms with Crippen LogP contribution in [0.1, 0.15) is 19.4 Å². The number of allylic oxidation sites excluding steroid dienone is 3. The van der Waals surface area contributed by atoms with Gasteiger partial charge in [0.05, 0.1) is 7.11 Å². The van der Waals surface area contributed by atoms with Crippen molar-refractivity contribution in [3.8, 4) is 11.5 Å². The van der Waals surface area contributed by atoms with E-state index in [0.29, 0.717) is 5.75 Å². The van der Waals surface area contributed by atoms with Gasteiger partial charge in [-0.1, -0.05) is 29.9 Å². The van der Waals surface area contributed by atoms with Gasteiger partial charge >= 0.3 is 5.97 Å². The van der Waals surface area contributed by atoms with Crippen LogP contribution in [0.3, 0.4) is 0 Å². The molecular weight excluding hydrogens is 268 g/mol. The summed E-state index contributed by atoms with van der Waals surface area (Å²) in [6.07, 6.45) is 8.30. The smallest absolute Gasteiger partial charge is 0.331 e. The zero-order chi connectivity index (χ0) is 15.7. The molecule has 0 aliphatic rings. The van der Waals surface area contributed by atoms with Crippen LogP contribution in [0.4, 0.5) is 0 Å². The first-order chi connectivity index (χ1) is 10.0. The molecule has 112 valence electrons. The van der Waals surface area contributed by atoms with Crippen molar-refractivity contribution in [2.75, 3.05) is 13.7 Å². The monoisotopic (exact) mass is 288 g/mol. The minimum absolute atomic E-state index is 0.0908. The van der Waals surface area contributed by atoms with Gasteiger partial charge in [-0.25, -0.2) is 4.79 Å². The molecule has 1 N–H and O–H groups in total. The molecule has 0 amide bonds. The van der Waals surface area contributed by atoms with Crippen LogP contribution in [0.5, 0.6) is 11.5 Å². The van der Waals surface area contributed by atoms with E-state index in [1.54, 1.807) is 36.4 Å². The lowest BCUT2D eigenvalue weighted by atomic mass is 10.2. The number of phenolic OH excluding ortho intramolecular Hbond substituents is 1. The summed E-state index contributed by atoms with van der Waals surface area (Å²) in [6.45, 7) is 4.17. The van der Waals surface area contributed by atoms with Crippen LogP contribution in [0.2, 0.25) is 0 Å². The van der Waals surface area contributed by atoms with Gasteiger partial charge in [-0.05, 0) is 37.6 Å². The quantitative estimate of drug-likeness (QED) is 0.377. The molecule has 0 aliphatic carbocycles. The van der Waals surface area contributed by atoms with Crippen LogP contribution < -0.4 is 4.74 Å². The standard InChI is InChI=1S/C17H20O4/c1-13(2)10-11-21-17(19)7-5-4-6-14-8-9-15(18)16(12-14)20-3/h4-10,12,18H,11H2,1-3H3/b6-4+,7-5+. The molecule has 4 nitrogen and oxygen atoms in total. The van der Waals surface area contributed by atoms with Crippen LogP contribution in [0.15, 0.2) is 48.1 Å². The van der Waals surface area contributed by atoms with Crippen molar-refractivity contribution < 1.29 is 19.4 Å². The van der Waals surface area contributed by atoms with Gasteiger partial charge in [-0.2, -0.15) is 0 Å². The van der Waals surface area contributed by atoms with Gasteiger partial charge in [0.15, 0.2) is 11.5 Å². The summed E-state index contributed by atoms with van der Waals surface area (Å²) < 4.78 is 9.98. The summed E-state index contributed by atoms with van der Waals surface area (Å²) in [5, 5.41) is 9.47. The predicted octanol–water partition coefficient (Wildman–Crippen LogP) is 3.48. The minimum Gasteiger partial charge on any atom is -0.504 e. The summed E-state index contributed by atoms with van der Waals surface area (Å²) in [6, 6.07) is 5.00. The van der Waals surface area contributed by atoms with E-state index in [0.717, 1.165) is 11.1 Å². The van der Waals surface area contributed by atoms with Gasteiger partial charge in [0.2, 0.25) is 0 Å². The average Bonchev–Trinajstić information content (AvgIpc) is 2.44. The van der Waals surface area contributed by atoms with Crippen molar-refractivity contribution in [1.82, 2.24) is 0 Å². The van der Waals surface area contributed by atoms with Crippen molar-refractivity contribution in [2.45, 2.75) is 13.8 Å². The van der Waals surface area contributed by atoms with Gasteiger partial charge in [0.25, 0.3) is 0 Å². The van der Waals surface area contributed by atoms with Crippen LogP contribution in [0.25, 0.3) is 6.08 Å². The second-order valence-electron chi connectivity index (χ2n) is 4.56. The molecule has 0 unspecified atom stereocenters. The molecule has 0 aromatic heterocycles. The third-order valence-electron chi connectivity index (χ3n) is 2.55. The third kappa shape index (κ3) is 6.47. The number of methoxy groups -OCH3 is 1. The maximum Gasteiger partial charge on any atom is 0.331 e. The lowest BCUT2D eigenvalue weighted by Crippen LogP contribution is -2.00. The average molecular weight is 288 g/mol. The first-order valence-electron chi connectivity index (χ1n) is 6.55. The van der Waals surface area contributed by atoms with Crippen LogP contribution in [-0.2, 0) is 9.53 Å². The number of carbonyl (C=O) groups is 1. The van der Waals surface area contributed by atoms with Crippen molar-refractivity contribution in [1.29, 1.82) is 0 Å². The number of benzene rings is 1. The fourth-order valence-electron chi connectivity index (χ4n) is 1.44. The second-order valence-corrected chi connectivity index (χ2v) is 4.56. The zero-order valence-corrected chi connectivity index (χ0v) is 12.5. The Morgan fingerprint density at radius 3 is 2.71 bits per heavy atom. The number of hydrogen-bond donors (Lipinski definition) is 1. The van der Waals surface area contributed by atoms with Crippen molar-refractivity contribution in [3.63, 3.8) is 0 Å². The van der Waals surface area contributed by atoms with Crippen LogP contribution in [-0.4, -0.2) is 24.8 Å². The Balaban J connectivity index is 2.52. The largest absolute Gasteiger partial charge is 0.504 e. The normalized spacial score (nSPS) is 10.8. The Hall–Kier alpha value is -2.49. The molecule has 0 heterocycles. The van der Waals surface area contributed by atoms with Gasteiger partial charge in [-0.15, -0.1) is 0 Å². The highest BCUT2D eigenvalue weighted by Gasteiger charge is 1.99. The van der Waals surface area contributed by atoms with Gasteiger partial charge in [0, 0.05) is 6.08 Å². The molecule has 0 aliphatic heterocycles. The van der Waals surface area contributed by atoms with Gasteiger partial charge in [0.1, 0.15) is 6.61 Å². The lowest BCUT2D eigenvalue weighted by molar-refractivity contribution is -0.136. The van der Waals surface area contributed by atoms with E-state index in [9.17, 15) is 9.90 Å². The van der Waals surface area contributed by atoms with Crippen LogP contribution >= 0.6 is 0 Å². The topological polar surface area (TPSA) is 55.8 Å². The van der Waals surface area contributed by atoms with Gasteiger partial charge in [-0.3, -0.25) is 0 Å². The number of esters is 1. The molecule has 1 aromatic carbocycles. The summed E-state index contributed by atoms with van der Waals surface area (Å²) in [5.74, 6) is 0.107. The molecule has 0 saturated heterocycles. The molecule has 21 heavy (non-hydrogen) atoms. The summed E-state index contributed by atoms with van der Waals surface area (Å²) in [5.41, 5.74) is 1.96. The molecule has 0 bridgehead atoms. The Kier molecular flexibility index (Phi) is 6.81. The summed E-state index contributed by atoms with van der Waals surface area (Å²) >= 11 is 0. The SMILES string of the molecule is COc1cc(/C=C/C=C/C(=O)OCC=C(C)C)ccc1O. The highest BCUT2D eigenvalue weighted by atomic mass is 16.5. The lowest BCUT2D eigenvalue weighted by Gasteiger charge is -2.03. The number of carbonyl (C=O) groups excluding carboxylic acids is 1. The first-order valence-corrected chi connectivity index (χ1v) is 6.55. The minimum atomic E-state index is -0.388. The molecule has 0 spiro atoms. The molecule has 1 aromatic rings. The fourth-order valence-corrected chi connectivity index (χ4v) is 1.44. The summed E-state index contributed by atoms with van der Waals surface area (Å²) in [7, 11) is 1.49. The summed E-state index contributed by atoms with van der Waals surface area (Å²) in [4.78, 5) is 11.4. The molecular formula is C17H20O4. The molecule has 0 radical (unpaired) electrons. The number of ether oxygens (including phenoxy) is 2. The predicted molar refractivity (Wildman–Crippen MR) is 83.2 cm³/mol. The van der Waals surface area contributed by atoms with E-state index in [4.69, 9.17) is 9.47 Å². The fraction of sp³-hybridized carbons (Fsp3) is 0.235. The first kappa shape index (κ1) is 16.6. The van der Waals surface area contributed by atoms with E-state index in [1.807, 2.05) is 19.9 Å². The Morgan fingerprint density at radius 2 is 2.05 bits per heavy atom. The number of rotatable bonds is 6. The van der Waals surface area contributed by atoms with E-state index >= 15 is 0 Å². The van der Waals surface area contributed by atoms with E-state index in [2.05, 4.69) is 0 Å². The van der Waals surface area contributed by atoms with Gasteiger partial charge < -0.3 is 14.6 Å². The van der Waals surface area contributed by atoms with Crippen molar-refractivity contribution >= 4 is 12.0 Å². The Morgan fingerprint density at radius 1 is 1.29 bits per heavy atom.